The summed E-state index contributed by atoms with van der Waals surface area (Å²) < 4.78 is 11.0. The van der Waals surface area contributed by atoms with Crippen molar-refractivity contribution in [3.05, 3.63) is 23.8 Å². The van der Waals surface area contributed by atoms with Crippen molar-refractivity contribution in [2.24, 2.45) is 0 Å². The Hall–Kier alpha value is -1.26. The van der Waals surface area contributed by atoms with Crippen molar-refractivity contribution >= 4 is 0 Å². The molecular weight excluding hydrogens is 242 g/mol. The molecule has 0 spiro atoms. The smallest absolute Gasteiger partial charge is 0.162 e. The first-order valence-electron chi connectivity index (χ1n) is 6.91. The number of phenols is 1. The molecule has 1 aromatic carbocycles. The molecule has 2 rings (SSSR count). The molecule has 1 N–H and O–H groups in total. The van der Waals surface area contributed by atoms with Crippen LogP contribution < -0.4 is 4.74 Å². The van der Waals surface area contributed by atoms with Crippen molar-refractivity contribution in [3.63, 3.8) is 0 Å². The number of aromatic hydroxyl groups is 1. The Kier molecular flexibility index (Phi) is 4.66. The van der Waals surface area contributed by atoms with E-state index in [0.29, 0.717) is 18.4 Å². The van der Waals surface area contributed by atoms with Crippen molar-refractivity contribution < 1.29 is 14.6 Å². The van der Waals surface area contributed by atoms with Crippen molar-refractivity contribution in [3.8, 4) is 11.5 Å². The highest BCUT2D eigenvalue weighted by molar-refractivity contribution is 5.45. The largest absolute Gasteiger partial charge is 0.504 e. The van der Waals surface area contributed by atoms with Gasteiger partial charge in [0.1, 0.15) is 0 Å². The Labute approximate surface area is 114 Å². The molecule has 1 aliphatic heterocycles. The molecule has 1 aromatic rings. The Morgan fingerprint density at radius 2 is 2.21 bits per heavy atom. The highest BCUT2D eigenvalue weighted by atomic mass is 16.5. The van der Waals surface area contributed by atoms with Crippen molar-refractivity contribution in [1.82, 2.24) is 4.90 Å². The summed E-state index contributed by atoms with van der Waals surface area (Å²) in [5.74, 6) is 0.824. The second-order valence-corrected chi connectivity index (χ2v) is 5.12. The van der Waals surface area contributed by atoms with Crippen LogP contribution in [-0.4, -0.2) is 41.9 Å². The van der Waals surface area contributed by atoms with Crippen LogP contribution in [0.15, 0.2) is 18.2 Å². The molecule has 0 radical (unpaired) electrons. The highest BCUT2D eigenvalue weighted by Crippen LogP contribution is 2.31. The summed E-state index contributed by atoms with van der Waals surface area (Å²) in [6, 6.07) is 6.04. The zero-order valence-corrected chi connectivity index (χ0v) is 11.9. The second kappa shape index (κ2) is 6.26. The molecule has 2 atom stereocenters. The molecule has 0 aromatic heterocycles. The zero-order valence-electron chi connectivity index (χ0n) is 11.9. The van der Waals surface area contributed by atoms with Gasteiger partial charge in [-0.1, -0.05) is 12.1 Å². The van der Waals surface area contributed by atoms with E-state index in [9.17, 15) is 5.11 Å². The lowest BCUT2D eigenvalue weighted by molar-refractivity contribution is -0.0528. The lowest BCUT2D eigenvalue weighted by Gasteiger charge is -2.36. The molecule has 2 unspecified atom stereocenters. The van der Waals surface area contributed by atoms with Gasteiger partial charge in [-0.25, -0.2) is 0 Å². The molecule has 0 aliphatic carbocycles. The predicted molar refractivity (Wildman–Crippen MR) is 74.6 cm³/mol. The van der Waals surface area contributed by atoms with E-state index in [1.54, 1.807) is 6.07 Å². The monoisotopic (exact) mass is 265 g/mol. The molecule has 19 heavy (non-hydrogen) atoms. The Balaban J connectivity index is 2.11. The van der Waals surface area contributed by atoms with Crippen molar-refractivity contribution in [2.45, 2.75) is 39.5 Å². The van der Waals surface area contributed by atoms with E-state index in [1.165, 1.54) is 0 Å². The van der Waals surface area contributed by atoms with Gasteiger partial charge in [0.25, 0.3) is 0 Å². The third kappa shape index (κ3) is 3.39. The Morgan fingerprint density at radius 1 is 1.42 bits per heavy atom. The van der Waals surface area contributed by atoms with Gasteiger partial charge in [0, 0.05) is 24.7 Å². The van der Waals surface area contributed by atoms with Crippen LogP contribution in [0.2, 0.25) is 0 Å². The number of hydrogen-bond donors (Lipinski definition) is 1. The van der Waals surface area contributed by atoms with Crippen LogP contribution in [0, 0.1) is 0 Å². The first-order chi connectivity index (χ1) is 9.11. The fraction of sp³-hybridized carbons (Fsp3) is 0.600. The van der Waals surface area contributed by atoms with E-state index in [-0.39, 0.29) is 11.9 Å². The number of morpholine rings is 1. The van der Waals surface area contributed by atoms with Crippen LogP contribution in [0.5, 0.6) is 11.5 Å². The molecule has 0 bridgehead atoms. The number of phenolic OH excluding ortho intramolecular Hbond substituents is 1. The molecule has 1 saturated heterocycles. The van der Waals surface area contributed by atoms with E-state index in [0.717, 1.165) is 25.3 Å². The standard InChI is InChI=1S/C15H23NO3/c1-4-18-14-7-5-6-13(15(14)17)9-16-8-12(3)19-10-11(16)2/h5-7,11-12,17H,4,8-10H2,1-3H3. The maximum absolute atomic E-state index is 10.2. The van der Waals surface area contributed by atoms with Crippen LogP contribution in [0.3, 0.4) is 0 Å². The maximum Gasteiger partial charge on any atom is 0.162 e. The molecular formula is C15H23NO3. The first-order valence-corrected chi connectivity index (χ1v) is 6.91. The molecule has 1 heterocycles. The molecule has 1 aliphatic rings. The maximum atomic E-state index is 10.2. The number of hydrogen-bond acceptors (Lipinski definition) is 4. The highest BCUT2D eigenvalue weighted by Gasteiger charge is 2.24. The van der Waals surface area contributed by atoms with Gasteiger partial charge in [-0.05, 0) is 26.8 Å². The SMILES string of the molecule is CCOc1cccc(CN2CC(C)OCC2C)c1O. The minimum atomic E-state index is 0.244. The molecule has 0 saturated carbocycles. The van der Waals surface area contributed by atoms with Crippen LogP contribution in [-0.2, 0) is 11.3 Å². The summed E-state index contributed by atoms with van der Waals surface area (Å²) in [4.78, 5) is 2.33. The Morgan fingerprint density at radius 3 is 2.95 bits per heavy atom. The number of ether oxygens (including phenoxy) is 2. The fourth-order valence-electron chi connectivity index (χ4n) is 2.38. The average molecular weight is 265 g/mol. The van der Waals surface area contributed by atoms with Gasteiger partial charge in [-0.15, -0.1) is 0 Å². The number of para-hydroxylation sites is 1. The number of benzene rings is 1. The molecule has 0 amide bonds. The minimum absolute atomic E-state index is 0.244. The summed E-state index contributed by atoms with van der Waals surface area (Å²) in [6.07, 6.45) is 0.244. The Bertz CT molecular complexity index is 422. The van der Waals surface area contributed by atoms with E-state index >= 15 is 0 Å². The molecule has 4 nitrogen and oxygen atoms in total. The summed E-state index contributed by atoms with van der Waals surface area (Å²) in [5, 5.41) is 10.2. The van der Waals surface area contributed by atoms with E-state index in [4.69, 9.17) is 9.47 Å². The normalized spacial score (nSPS) is 24.4. The van der Waals surface area contributed by atoms with Crippen LogP contribution in [0.4, 0.5) is 0 Å². The zero-order chi connectivity index (χ0) is 13.8. The topological polar surface area (TPSA) is 41.9 Å². The number of rotatable bonds is 4. The van der Waals surface area contributed by atoms with Crippen molar-refractivity contribution in [1.29, 1.82) is 0 Å². The minimum Gasteiger partial charge on any atom is -0.504 e. The van der Waals surface area contributed by atoms with Crippen LogP contribution >= 0.6 is 0 Å². The first kappa shape index (κ1) is 14.2. The van der Waals surface area contributed by atoms with Gasteiger partial charge < -0.3 is 14.6 Å². The van der Waals surface area contributed by atoms with Gasteiger partial charge >= 0.3 is 0 Å². The molecule has 106 valence electrons. The second-order valence-electron chi connectivity index (χ2n) is 5.12. The third-order valence-corrected chi connectivity index (χ3v) is 3.49. The number of nitrogens with zero attached hydrogens (tertiary/aromatic N) is 1. The summed E-state index contributed by atoms with van der Waals surface area (Å²) in [5.41, 5.74) is 0.909. The van der Waals surface area contributed by atoms with E-state index < -0.39 is 0 Å². The van der Waals surface area contributed by atoms with E-state index in [1.807, 2.05) is 19.1 Å². The molecule has 4 heteroatoms. The quantitative estimate of drug-likeness (QED) is 0.907. The fourth-order valence-corrected chi connectivity index (χ4v) is 2.38. The van der Waals surface area contributed by atoms with E-state index in [2.05, 4.69) is 18.7 Å². The van der Waals surface area contributed by atoms with Crippen LogP contribution in [0.25, 0.3) is 0 Å². The van der Waals surface area contributed by atoms with Gasteiger partial charge in [-0.3, -0.25) is 4.90 Å². The van der Waals surface area contributed by atoms with Crippen LogP contribution in [0.1, 0.15) is 26.3 Å². The van der Waals surface area contributed by atoms with Gasteiger partial charge in [0.05, 0.1) is 19.3 Å². The predicted octanol–water partition coefficient (Wildman–Crippen LogP) is 2.40. The summed E-state index contributed by atoms with van der Waals surface area (Å²) >= 11 is 0. The summed E-state index contributed by atoms with van der Waals surface area (Å²) in [7, 11) is 0. The average Bonchev–Trinajstić information content (AvgIpc) is 2.39. The summed E-state index contributed by atoms with van der Waals surface area (Å²) in [6.45, 7) is 9.05. The third-order valence-electron chi connectivity index (χ3n) is 3.49. The van der Waals surface area contributed by atoms with Gasteiger partial charge in [0.2, 0.25) is 0 Å². The van der Waals surface area contributed by atoms with Crippen molar-refractivity contribution in [2.75, 3.05) is 19.8 Å². The lowest BCUT2D eigenvalue weighted by atomic mass is 10.1. The lowest BCUT2D eigenvalue weighted by Crippen LogP contribution is -2.46. The van der Waals surface area contributed by atoms with Gasteiger partial charge in [0.15, 0.2) is 11.5 Å². The molecule has 1 fully saturated rings. The van der Waals surface area contributed by atoms with Gasteiger partial charge in [-0.2, -0.15) is 0 Å².